The second kappa shape index (κ2) is 5.26. The van der Waals surface area contributed by atoms with Crippen molar-refractivity contribution in [2.45, 2.75) is 32.3 Å². The zero-order chi connectivity index (χ0) is 11.4. The molecule has 2 heteroatoms. The summed E-state index contributed by atoms with van der Waals surface area (Å²) >= 11 is 0. The first kappa shape index (κ1) is 11.3. The smallest absolute Gasteiger partial charge is 0.191 e. The van der Waals surface area contributed by atoms with Gasteiger partial charge in [0.1, 0.15) is 6.10 Å². The highest BCUT2D eigenvalue weighted by Gasteiger charge is 2.25. The molecule has 1 fully saturated rings. The van der Waals surface area contributed by atoms with Crippen LogP contribution in [-0.4, -0.2) is 18.5 Å². The molecule has 1 aliphatic carbocycles. The van der Waals surface area contributed by atoms with E-state index in [4.69, 9.17) is 4.74 Å². The molecule has 0 heterocycles. The Balaban J connectivity index is 1.94. The second-order valence-electron chi connectivity index (χ2n) is 4.40. The molecule has 0 radical (unpaired) electrons. The van der Waals surface area contributed by atoms with Gasteiger partial charge in [0, 0.05) is 5.56 Å². The van der Waals surface area contributed by atoms with Crippen molar-refractivity contribution < 1.29 is 9.53 Å². The second-order valence-corrected chi connectivity index (χ2v) is 4.40. The molecule has 2 rings (SSSR count). The summed E-state index contributed by atoms with van der Waals surface area (Å²) in [4.78, 5) is 12.1. The van der Waals surface area contributed by atoms with Crippen molar-refractivity contribution in [2.24, 2.45) is 5.92 Å². The number of Topliss-reactive ketones (excluding diaryl/α,β-unsaturated/α-hetero) is 1. The van der Waals surface area contributed by atoms with E-state index in [0.717, 1.165) is 18.6 Å². The SMILES string of the molecule is CCC(OCC1CC1)C(=O)c1ccccc1. The van der Waals surface area contributed by atoms with Crippen LogP contribution in [0.15, 0.2) is 30.3 Å². The van der Waals surface area contributed by atoms with Gasteiger partial charge < -0.3 is 4.74 Å². The first-order valence-electron chi connectivity index (χ1n) is 6.02. The topological polar surface area (TPSA) is 26.3 Å². The summed E-state index contributed by atoms with van der Waals surface area (Å²) in [7, 11) is 0. The molecule has 1 aromatic carbocycles. The minimum atomic E-state index is -0.261. The summed E-state index contributed by atoms with van der Waals surface area (Å²) in [5.41, 5.74) is 0.755. The van der Waals surface area contributed by atoms with E-state index >= 15 is 0 Å². The van der Waals surface area contributed by atoms with Crippen LogP contribution in [0.2, 0.25) is 0 Å². The van der Waals surface area contributed by atoms with Crippen LogP contribution in [0.4, 0.5) is 0 Å². The third kappa shape index (κ3) is 2.92. The normalized spacial score (nSPS) is 17.1. The molecule has 0 N–H and O–H groups in total. The number of ether oxygens (including phenoxy) is 1. The van der Waals surface area contributed by atoms with Gasteiger partial charge in [0.05, 0.1) is 6.61 Å². The van der Waals surface area contributed by atoms with E-state index in [-0.39, 0.29) is 11.9 Å². The number of rotatable bonds is 6. The molecular formula is C14H18O2. The van der Waals surface area contributed by atoms with Crippen LogP contribution in [0, 0.1) is 5.92 Å². The lowest BCUT2D eigenvalue weighted by molar-refractivity contribution is 0.0358. The number of benzene rings is 1. The third-order valence-electron chi connectivity index (χ3n) is 2.95. The highest BCUT2D eigenvalue weighted by atomic mass is 16.5. The van der Waals surface area contributed by atoms with Gasteiger partial charge in [0.15, 0.2) is 5.78 Å². The van der Waals surface area contributed by atoms with E-state index in [1.54, 1.807) is 0 Å². The average Bonchev–Trinajstić information content (AvgIpc) is 3.15. The van der Waals surface area contributed by atoms with Crippen molar-refractivity contribution in [3.05, 3.63) is 35.9 Å². The van der Waals surface area contributed by atoms with Crippen LogP contribution in [0.3, 0.4) is 0 Å². The number of carbonyl (C=O) groups excluding carboxylic acids is 1. The molecule has 1 aromatic rings. The molecule has 1 saturated carbocycles. The predicted molar refractivity (Wildman–Crippen MR) is 63.5 cm³/mol. The molecule has 0 bridgehead atoms. The Morgan fingerprint density at radius 1 is 1.38 bits per heavy atom. The highest BCUT2D eigenvalue weighted by molar-refractivity contribution is 5.99. The average molecular weight is 218 g/mol. The lowest BCUT2D eigenvalue weighted by atomic mass is 10.0. The Labute approximate surface area is 96.6 Å². The van der Waals surface area contributed by atoms with Gasteiger partial charge in [-0.25, -0.2) is 0 Å². The molecular weight excluding hydrogens is 200 g/mol. The first-order chi connectivity index (χ1) is 7.81. The molecule has 0 amide bonds. The van der Waals surface area contributed by atoms with E-state index in [1.165, 1.54) is 12.8 Å². The molecule has 16 heavy (non-hydrogen) atoms. The maximum absolute atomic E-state index is 12.1. The lowest BCUT2D eigenvalue weighted by Crippen LogP contribution is -2.24. The summed E-state index contributed by atoms with van der Waals surface area (Å²) in [5, 5.41) is 0. The molecule has 0 spiro atoms. The van der Waals surface area contributed by atoms with E-state index in [0.29, 0.717) is 5.92 Å². The Morgan fingerprint density at radius 3 is 2.62 bits per heavy atom. The fourth-order valence-corrected chi connectivity index (χ4v) is 1.70. The van der Waals surface area contributed by atoms with Crippen molar-refractivity contribution >= 4 is 5.78 Å². The van der Waals surface area contributed by atoms with Gasteiger partial charge in [-0.3, -0.25) is 4.79 Å². The van der Waals surface area contributed by atoms with Gasteiger partial charge in [-0.2, -0.15) is 0 Å². The van der Waals surface area contributed by atoms with Crippen molar-refractivity contribution in [1.82, 2.24) is 0 Å². The van der Waals surface area contributed by atoms with Gasteiger partial charge in [-0.05, 0) is 25.2 Å². The van der Waals surface area contributed by atoms with Gasteiger partial charge in [-0.1, -0.05) is 37.3 Å². The zero-order valence-corrected chi connectivity index (χ0v) is 9.69. The van der Waals surface area contributed by atoms with Crippen LogP contribution in [0.1, 0.15) is 36.5 Å². The summed E-state index contributed by atoms with van der Waals surface area (Å²) < 4.78 is 5.68. The first-order valence-corrected chi connectivity index (χ1v) is 6.02. The van der Waals surface area contributed by atoms with E-state index in [1.807, 2.05) is 37.3 Å². The van der Waals surface area contributed by atoms with Gasteiger partial charge >= 0.3 is 0 Å². The maximum Gasteiger partial charge on any atom is 0.191 e. The predicted octanol–water partition coefficient (Wildman–Crippen LogP) is 3.07. The molecule has 1 atom stereocenters. The van der Waals surface area contributed by atoms with Gasteiger partial charge in [-0.15, -0.1) is 0 Å². The molecule has 2 nitrogen and oxygen atoms in total. The van der Waals surface area contributed by atoms with Crippen molar-refractivity contribution in [1.29, 1.82) is 0 Å². The van der Waals surface area contributed by atoms with E-state index in [9.17, 15) is 4.79 Å². The molecule has 1 aliphatic rings. The lowest BCUT2D eigenvalue weighted by Gasteiger charge is -2.14. The minimum absolute atomic E-state index is 0.115. The summed E-state index contributed by atoms with van der Waals surface area (Å²) in [5.74, 6) is 0.821. The van der Waals surface area contributed by atoms with Crippen LogP contribution < -0.4 is 0 Å². The number of hydrogen-bond donors (Lipinski definition) is 0. The van der Waals surface area contributed by atoms with Gasteiger partial charge in [0.25, 0.3) is 0 Å². The zero-order valence-electron chi connectivity index (χ0n) is 9.69. The largest absolute Gasteiger partial charge is 0.370 e. The Kier molecular flexibility index (Phi) is 3.73. The van der Waals surface area contributed by atoms with Crippen molar-refractivity contribution in [3.63, 3.8) is 0 Å². The monoisotopic (exact) mass is 218 g/mol. The number of hydrogen-bond acceptors (Lipinski definition) is 2. The Bertz CT molecular complexity index is 341. The summed E-state index contributed by atoms with van der Waals surface area (Å²) in [6, 6.07) is 9.40. The molecule has 1 unspecified atom stereocenters. The fraction of sp³-hybridized carbons (Fsp3) is 0.500. The standard InChI is InChI=1S/C14H18O2/c1-2-13(16-10-11-8-9-11)14(15)12-6-4-3-5-7-12/h3-7,11,13H,2,8-10H2,1H3. The quantitative estimate of drug-likeness (QED) is 0.686. The Hall–Kier alpha value is -1.15. The van der Waals surface area contributed by atoms with E-state index < -0.39 is 0 Å². The van der Waals surface area contributed by atoms with E-state index in [2.05, 4.69) is 0 Å². The summed E-state index contributed by atoms with van der Waals surface area (Å²) in [6.07, 6.45) is 3.01. The van der Waals surface area contributed by atoms with Crippen LogP contribution in [-0.2, 0) is 4.74 Å². The Morgan fingerprint density at radius 2 is 2.06 bits per heavy atom. The summed E-state index contributed by atoms with van der Waals surface area (Å²) in [6.45, 7) is 2.75. The molecule has 86 valence electrons. The van der Waals surface area contributed by atoms with Gasteiger partial charge in [0.2, 0.25) is 0 Å². The minimum Gasteiger partial charge on any atom is -0.370 e. The molecule has 0 aliphatic heterocycles. The number of ketones is 1. The highest BCUT2D eigenvalue weighted by Crippen LogP contribution is 2.29. The molecule has 0 aromatic heterocycles. The molecule has 0 saturated heterocycles. The van der Waals surface area contributed by atoms with Crippen LogP contribution in [0.25, 0.3) is 0 Å². The third-order valence-corrected chi connectivity index (χ3v) is 2.95. The number of carbonyl (C=O) groups is 1. The maximum atomic E-state index is 12.1. The van der Waals surface area contributed by atoms with Crippen LogP contribution >= 0.6 is 0 Å². The van der Waals surface area contributed by atoms with Crippen molar-refractivity contribution in [3.8, 4) is 0 Å². The fourth-order valence-electron chi connectivity index (χ4n) is 1.70. The van der Waals surface area contributed by atoms with Crippen LogP contribution in [0.5, 0.6) is 0 Å². The van der Waals surface area contributed by atoms with Crippen molar-refractivity contribution in [2.75, 3.05) is 6.61 Å².